The van der Waals surface area contributed by atoms with Crippen LogP contribution < -0.4 is 10.6 Å². The van der Waals surface area contributed by atoms with Gasteiger partial charge in [0.15, 0.2) is 0 Å². The van der Waals surface area contributed by atoms with E-state index in [0.29, 0.717) is 48.9 Å². The molecule has 0 aliphatic carbocycles. The number of rotatable bonds is 5. The Morgan fingerprint density at radius 2 is 1.70 bits per heavy atom. The standard InChI is InChI=1S/C27H28F7N3O3/c1-15-10-19(28)2-3-20(15)22-14-25(6-4-21(36-25)23(38)39)7-9-37(22)24(40)35-8-5-16-11-17(26(29,30)31)13-18(12-16)27(32,33)34/h2-3,10-13,21-22,36H,4-9,14H2,1H3,(H,35,40)(H,38,39)/t21-,22-,25+/m1/s1. The van der Waals surface area contributed by atoms with Crippen LogP contribution in [0, 0.1) is 12.7 Å². The molecule has 0 bridgehead atoms. The van der Waals surface area contributed by atoms with Crippen LogP contribution in [0.15, 0.2) is 36.4 Å². The normalized spacial score (nSPS) is 23.4. The molecular formula is C27H28F7N3O3. The van der Waals surface area contributed by atoms with Crippen LogP contribution in [-0.4, -0.2) is 46.7 Å². The second kappa shape index (κ2) is 10.9. The zero-order valence-corrected chi connectivity index (χ0v) is 21.4. The summed E-state index contributed by atoms with van der Waals surface area (Å²) in [5.41, 5.74) is -2.42. The van der Waals surface area contributed by atoms with Gasteiger partial charge in [0.25, 0.3) is 0 Å². The van der Waals surface area contributed by atoms with Crippen molar-refractivity contribution in [3.05, 3.63) is 70.0 Å². The molecule has 6 nitrogen and oxygen atoms in total. The van der Waals surface area contributed by atoms with E-state index >= 15 is 0 Å². The Morgan fingerprint density at radius 3 is 2.25 bits per heavy atom. The Labute approximate surface area is 225 Å². The minimum Gasteiger partial charge on any atom is -0.480 e. The third-order valence-electron chi connectivity index (χ3n) is 7.67. The molecule has 4 rings (SSSR count). The van der Waals surface area contributed by atoms with E-state index in [1.807, 2.05) is 0 Å². The lowest BCUT2D eigenvalue weighted by Crippen LogP contribution is -2.56. The van der Waals surface area contributed by atoms with Crippen LogP contribution in [0.3, 0.4) is 0 Å². The van der Waals surface area contributed by atoms with Crippen molar-refractivity contribution in [2.24, 2.45) is 0 Å². The van der Waals surface area contributed by atoms with E-state index in [1.54, 1.807) is 13.0 Å². The maximum atomic E-state index is 13.8. The molecule has 2 aromatic rings. The van der Waals surface area contributed by atoms with E-state index in [9.17, 15) is 45.4 Å². The van der Waals surface area contributed by atoms with Gasteiger partial charge in [-0.15, -0.1) is 0 Å². The summed E-state index contributed by atoms with van der Waals surface area (Å²) in [4.78, 5) is 26.3. The van der Waals surface area contributed by atoms with Gasteiger partial charge in [-0.3, -0.25) is 10.1 Å². The first kappa shape index (κ1) is 29.6. The Bertz CT molecular complexity index is 1250. The molecule has 3 atom stereocenters. The molecule has 2 aliphatic rings. The van der Waals surface area contributed by atoms with Gasteiger partial charge in [-0.25, -0.2) is 9.18 Å². The Kier molecular flexibility index (Phi) is 8.08. The number of nitrogens with zero attached hydrogens (tertiary/aromatic N) is 1. The van der Waals surface area contributed by atoms with Gasteiger partial charge < -0.3 is 15.3 Å². The van der Waals surface area contributed by atoms with Crippen LogP contribution >= 0.6 is 0 Å². The highest BCUT2D eigenvalue weighted by Crippen LogP contribution is 2.43. The highest BCUT2D eigenvalue weighted by atomic mass is 19.4. The number of carboxylic acid groups (broad SMARTS) is 1. The van der Waals surface area contributed by atoms with Crippen LogP contribution in [-0.2, 0) is 23.6 Å². The van der Waals surface area contributed by atoms with Gasteiger partial charge in [0.2, 0.25) is 0 Å². The number of urea groups is 1. The number of piperidine rings is 1. The number of aryl methyl sites for hydroxylation is 1. The molecule has 2 amide bonds. The van der Waals surface area contributed by atoms with Gasteiger partial charge in [-0.2, -0.15) is 26.3 Å². The van der Waals surface area contributed by atoms with Gasteiger partial charge >= 0.3 is 24.4 Å². The molecule has 2 aromatic carbocycles. The van der Waals surface area contributed by atoms with Crippen LogP contribution in [0.1, 0.15) is 59.5 Å². The minimum absolute atomic E-state index is 0.0489. The van der Waals surface area contributed by atoms with E-state index in [1.165, 1.54) is 17.0 Å². The summed E-state index contributed by atoms with van der Waals surface area (Å²) in [5, 5.41) is 15.2. The summed E-state index contributed by atoms with van der Waals surface area (Å²) in [6, 6.07) is 3.55. The SMILES string of the molecule is Cc1cc(F)ccc1[C@H]1C[C@]2(CC[C@H](C(=O)O)N2)CCN1C(=O)NCCc1cc(C(F)(F)F)cc(C(F)(F)F)c1. The summed E-state index contributed by atoms with van der Waals surface area (Å²) in [5.74, 6) is -1.44. The van der Waals surface area contributed by atoms with E-state index in [0.717, 1.165) is 0 Å². The number of alkyl halides is 6. The largest absolute Gasteiger partial charge is 0.480 e. The second-order valence-electron chi connectivity index (χ2n) is 10.4. The average molecular weight is 576 g/mol. The van der Waals surface area contributed by atoms with Gasteiger partial charge in [0.05, 0.1) is 17.2 Å². The maximum Gasteiger partial charge on any atom is 0.416 e. The lowest BCUT2D eigenvalue weighted by Gasteiger charge is -2.46. The third kappa shape index (κ3) is 6.51. The molecule has 2 heterocycles. The van der Waals surface area contributed by atoms with Crippen LogP contribution in [0.4, 0.5) is 35.5 Å². The Hall–Kier alpha value is -3.35. The first-order chi connectivity index (χ1) is 18.6. The molecule has 0 unspecified atom stereocenters. The molecule has 2 saturated heterocycles. The third-order valence-corrected chi connectivity index (χ3v) is 7.67. The molecule has 2 fully saturated rings. The predicted octanol–water partition coefficient (Wildman–Crippen LogP) is 5.84. The zero-order chi connectivity index (χ0) is 29.5. The van der Waals surface area contributed by atoms with Gasteiger partial charge in [-0.1, -0.05) is 6.07 Å². The van der Waals surface area contributed by atoms with E-state index in [4.69, 9.17) is 0 Å². The van der Waals surface area contributed by atoms with Crippen LogP contribution in [0.25, 0.3) is 0 Å². The summed E-state index contributed by atoms with van der Waals surface area (Å²) in [6.07, 6.45) is -8.48. The molecule has 0 saturated carbocycles. The summed E-state index contributed by atoms with van der Waals surface area (Å²) in [6.45, 7) is 1.66. The summed E-state index contributed by atoms with van der Waals surface area (Å²) in [7, 11) is 0. The van der Waals surface area contributed by atoms with Crippen molar-refractivity contribution in [2.75, 3.05) is 13.1 Å². The fourth-order valence-corrected chi connectivity index (χ4v) is 5.66. The zero-order valence-electron chi connectivity index (χ0n) is 21.4. The Morgan fingerprint density at radius 1 is 1.05 bits per heavy atom. The number of carboxylic acids is 1. The Balaban J connectivity index is 1.52. The van der Waals surface area contributed by atoms with Crippen molar-refractivity contribution in [3.8, 4) is 0 Å². The topological polar surface area (TPSA) is 81.7 Å². The van der Waals surface area contributed by atoms with Crippen molar-refractivity contribution < 1.29 is 45.4 Å². The number of carbonyl (C=O) groups excluding carboxylic acids is 1. The number of hydrogen-bond donors (Lipinski definition) is 3. The molecule has 2 aliphatic heterocycles. The molecule has 1 spiro atoms. The summed E-state index contributed by atoms with van der Waals surface area (Å²) >= 11 is 0. The lowest BCUT2D eigenvalue weighted by atomic mass is 9.79. The number of aliphatic carboxylic acids is 1. The monoisotopic (exact) mass is 575 g/mol. The fraction of sp³-hybridized carbons (Fsp3) is 0.481. The number of halogens is 7. The van der Waals surface area contributed by atoms with Gasteiger partial charge in [-0.05, 0) is 86.1 Å². The number of nitrogens with one attached hydrogen (secondary N) is 2. The first-order valence-corrected chi connectivity index (χ1v) is 12.7. The minimum atomic E-state index is -4.98. The predicted molar refractivity (Wildman–Crippen MR) is 130 cm³/mol. The van der Waals surface area contributed by atoms with E-state index in [-0.39, 0.29) is 31.1 Å². The van der Waals surface area contributed by atoms with Crippen molar-refractivity contribution in [3.63, 3.8) is 0 Å². The highest BCUT2D eigenvalue weighted by molar-refractivity contribution is 5.75. The first-order valence-electron chi connectivity index (χ1n) is 12.7. The number of benzene rings is 2. The molecule has 3 N–H and O–H groups in total. The molecule has 218 valence electrons. The molecule has 0 aromatic heterocycles. The summed E-state index contributed by atoms with van der Waals surface area (Å²) < 4.78 is 92.9. The number of hydrogen-bond acceptors (Lipinski definition) is 3. The van der Waals surface area contributed by atoms with E-state index < -0.39 is 58.9 Å². The number of carbonyl (C=O) groups is 2. The highest BCUT2D eigenvalue weighted by Gasteiger charge is 2.47. The van der Waals surface area contributed by atoms with Gasteiger partial charge in [0.1, 0.15) is 11.9 Å². The van der Waals surface area contributed by atoms with E-state index in [2.05, 4.69) is 10.6 Å². The number of amides is 2. The smallest absolute Gasteiger partial charge is 0.416 e. The molecule has 0 radical (unpaired) electrons. The number of likely N-dealkylation sites (tertiary alicyclic amines) is 1. The molecule has 13 heteroatoms. The van der Waals surface area contributed by atoms with Crippen molar-refractivity contribution in [1.29, 1.82) is 0 Å². The van der Waals surface area contributed by atoms with Crippen LogP contribution in [0.2, 0.25) is 0 Å². The maximum absolute atomic E-state index is 13.8. The molecule has 40 heavy (non-hydrogen) atoms. The van der Waals surface area contributed by atoms with Crippen molar-refractivity contribution in [1.82, 2.24) is 15.5 Å². The lowest BCUT2D eigenvalue weighted by molar-refractivity contribution is -0.143. The quantitative estimate of drug-likeness (QED) is 0.392. The van der Waals surface area contributed by atoms with Crippen molar-refractivity contribution in [2.45, 2.75) is 69.0 Å². The second-order valence-corrected chi connectivity index (χ2v) is 10.4. The molecular weight excluding hydrogens is 547 g/mol. The average Bonchev–Trinajstić information content (AvgIpc) is 3.26. The van der Waals surface area contributed by atoms with Crippen molar-refractivity contribution >= 4 is 12.0 Å². The van der Waals surface area contributed by atoms with Crippen LogP contribution in [0.5, 0.6) is 0 Å². The van der Waals surface area contributed by atoms with Gasteiger partial charge in [0, 0.05) is 18.6 Å². The fourth-order valence-electron chi connectivity index (χ4n) is 5.66.